The molecule has 0 atom stereocenters. The monoisotopic (exact) mass is 362 g/mol. The van der Waals surface area contributed by atoms with Gasteiger partial charge in [-0.2, -0.15) is 0 Å². The van der Waals surface area contributed by atoms with Crippen LogP contribution in [0.25, 0.3) is 0 Å². The summed E-state index contributed by atoms with van der Waals surface area (Å²) in [5, 5.41) is 0. The van der Waals surface area contributed by atoms with Gasteiger partial charge in [0.2, 0.25) is 0 Å². The number of esters is 2. The van der Waals surface area contributed by atoms with Gasteiger partial charge in [0, 0.05) is 0 Å². The van der Waals surface area contributed by atoms with E-state index in [9.17, 15) is 9.59 Å². The van der Waals surface area contributed by atoms with Gasteiger partial charge in [0.1, 0.15) is 0 Å². The maximum atomic E-state index is 12.0. The van der Waals surface area contributed by atoms with Gasteiger partial charge in [-0.15, -0.1) is 0 Å². The Kier molecular flexibility index (Phi) is 11.4. The second-order valence-corrected chi connectivity index (χ2v) is 7.15. The smallest absolute Gasteiger partial charge is 0.338 e. The van der Waals surface area contributed by atoms with E-state index < -0.39 is 0 Å². The van der Waals surface area contributed by atoms with Crippen LogP contribution < -0.4 is 0 Å². The second-order valence-electron chi connectivity index (χ2n) is 7.15. The van der Waals surface area contributed by atoms with Crippen LogP contribution >= 0.6 is 0 Å². The minimum absolute atomic E-state index is 0.339. The maximum Gasteiger partial charge on any atom is 0.338 e. The predicted molar refractivity (Wildman–Crippen MR) is 104 cm³/mol. The van der Waals surface area contributed by atoms with Crippen LogP contribution in [0.2, 0.25) is 0 Å². The molecule has 4 nitrogen and oxygen atoms in total. The van der Waals surface area contributed by atoms with Gasteiger partial charge in [-0.25, -0.2) is 9.59 Å². The van der Waals surface area contributed by atoms with Gasteiger partial charge in [0.15, 0.2) is 0 Å². The molecule has 26 heavy (non-hydrogen) atoms. The number of benzene rings is 1. The summed E-state index contributed by atoms with van der Waals surface area (Å²) in [7, 11) is 0. The number of carbonyl (C=O) groups is 2. The van der Waals surface area contributed by atoms with Gasteiger partial charge in [0.05, 0.1) is 24.3 Å². The van der Waals surface area contributed by atoms with E-state index in [-0.39, 0.29) is 11.9 Å². The molecule has 146 valence electrons. The van der Waals surface area contributed by atoms with Crippen LogP contribution in [0.15, 0.2) is 24.3 Å². The van der Waals surface area contributed by atoms with E-state index in [4.69, 9.17) is 9.47 Å². The molecule has 0 bridgehead atoms. The lowest BCUT2D eigenvalue weighted by atomic mass is 10.1. The largest absolute Gasteiger partial charge is 0.462 e. The van der Waals surface area contributed by atoms with Gasteiger partial charge in [-0.1, -0.05) is 52.9 Å². The zero-order chi connectivity index (χ0) is 19.2. The van der Waals surface area contributed by atoms with E-state index in [0.29, 0.717) is 30.3 Å². The van der Waals surface area contributed by atoms with Gasteiger partial charge in [-0.3, -0.25) is 0 Å². The van der Waals surface area contributed by atoms with Crippen LogP contribution in [-0.2, 0) is 9.47 Å². The predicted octanol–water partition coefficient (Wildman–Crippen LogP) is 5.80. The first-order valence-electron chi connectivity index (χ1n) is 9.99. The number of rotatable bonds is 13. The Balaban J connectivity index is 2.28. The Bertz CT molecular complexity index is 519. The summed E-state index contributed by atoms with van der Waals surface area (Å²) in [6.45, 7) is 7.43. The molecule has 0 aromatic heterocycles. The first-order chi connectivity index (χ1) is 12.5. The molecule has 0 radical (unpaired) electrons. The molecule has 0 aliphatic rings. The van der Waals surface area contributed by atoms with Crippen molar-refractivity contribution in [2.24, 2.45) is 5.92 Å². The first-order valence-corrected chi connectivity index (χ1v) is 9.99. The molecule has 0 fully saturated rings. The van der Waals surface area contributed by atoms with E-state index >= 15 is 0 Å². The van der Waals surface area contributed by atoms with E-state index in [1.54, 1.807) is 24.3 Å². The highest BCUT2D eigenvalue weighted by molar-refractivity contribution is 5.93. The van der Waals surface area contributed by atoms with Gasteiger partial charge in [0.25, 0.3) is 0 Å². The molecule has 4 heteroatoms. The summed E-state index contributed by atoms with van der Waals surface area (Å²) in [4.78, 5) is 24.0. The molecule has 1 rings (SSSR count). The lowest BCUT2D eigenvalue weighted by Gasteiger charge is -2.07. The molecule has 0 amide bonds. The Morgan fingerprint density at radius 2 is 1.23 bits per heavy atom. The molecule has 0 unspecified atom stereocenters. The lowest BCUT2D eigenvalue weighted by molar-refractivity contribution is 0.0483. The van der Waals surface area contributed by atoms with E-state index in [2.05, 4.69) is 20.8 Å². The van der Waals surface area contributed by atoms with Crippen molar-refractivity contribution in [1.82, 2.24) is 0 Å². The average molecular weight is 363 g/mol. The topological polar surface area (TPSA) is 52.6 Å². The standard InChI is InChI=1S/C22H34O4/c1-4-5-6-7-9-16-25-21(23)19-12-14-20(15-13-19)22(24)26-17-10-8-11-18(2)3/h12-15,18H,4-11,16-17H2,1-3H3. The van der Waals surface area contributed by atoms with Crippen molar-refractivity contribution in [2.75, 3.05) is 13.2 Å². The maximum absolute atomic E-state index is 12.0. The summed E-state index contributed by atoms with van der Waals surface area (Å²) < 4.78 is 10.5. The highest BCUT2D eigenvalue weighted by Gasteiger charge is 2.11. The van der Waals surface area contributed by atoms with Crippen molar-refractivity contribution in [2.45, 2.75) is 72.1 Å². The fourth-order valence-electron chi connectivity index (χ4n) is 2.60. The first kappa shape index (κ1) is 22.2. The van der Waals surface area contributed by atoms with Crippen LogP contribution in [0.5, 0.6) is 0 Å². The molecule has 1 aromatic rings. The molecule has 0 saturated heterocycles. The fourth-order valence-corrected chi connectivity index (χ4v) is 2.60. The molecule has 0 heterocycles. The zero-order valence-corrected chi connectivity index (χ0v) is 16.6. The Hall–Kier alpha value is -1.84. The molecular weight excluding hydrogens is 328 g/mol. The second kappa shape index (κ2) is 13.4. The van der Waals surface area contributed by atoms with Crippen molar-refractivity contribution in [1.29, 1.82) is 0 Å². The summed E-state index contributed by atoms with van der Waals surface area (Å²) in [6, 6.07) is 6.48. The third-order valence-corrected chi connectivity index (χ3v) is 4.25. The van der Waals surface area contributed by atoms with Crippen LogP contribution in [0.1, 0.15) is 92.9 Å². The van der Waals surface area contributed by atoms with Crippen LogP contribution in [0, 0.1) is 5.92 Å². The lowest BCUT2D eigenvalue weighted by Crippen LogP contribution is -2.09. The summed E-state index contributed by atoms with van der Waals surface area (Å²) in [5.41, 5.74) is 0.928. The number of ether oxygens (including phenoxy) is 2. The molecule has 0 spiro atoms. The highest BCUT2D eigenvalue weighted by atomic mass is 16.5. The van der Waals surface area contributed by atoms with Gasteiger partial charge in [-0.05, 0) is 49.4 Å². The Morgan fingerprint density at radius 3 is 1.69 bits per heavy atom. The van der Waals surface area contributed by atoms with Crippen LogP contribution in [-0.4, -0.2) is 25.2 Å². The van der Waals surface area contributed by atoms with E-state index in [1.165, 1.54) is 19.3 Å². The van der Waals surface area contributed by atoms with Crippen molar-refractivity contribution in [3.8, 4) is 0 Å². The zero-order valence-electron chi connectivity index (χ0n) is 16.6. The SMILES string of the molecule is CCCCCCCOC(=O)c1ccc(C(=O)OCCCCC(C)C)cc1. The molecule has 1 aromatic carbocycles. The molecule has 0 N–H and O–H groups in total. The van der Waals surface area contributed by atoms with Crippen LogP contribution in [0.4, 0.5) is 0 Å². The Labute approximate surface area is 158 Å². The summed E-state index contributed by atoms with van der Waals surface area (Å²) in [6.07, 6.45) is 8.68. The number of hydrogen-bond acceptors (Lipinski definition) is 4. The van der Waals surface area contributed by atoms with Gasteiger partial charge >= 0.3 is 11.9 Å². The van der Waals surface area contributed by atoms with Gasteiger partial charge < -0.3 is 9.47 Å². The highest BCUT2D eigenvalue weighted by Crippen LogP contribution is 2.10. The summed E-state index contributed by atoms with van der Waals surface area (Å²) in [5.74, 6) is -0.00572. The number of unbranched alkanes of at least 4 members (excludes halogenated alkanes) is 5. The molecule has 0 aliphatic carbocycles. The number of carbonyl (C=O) groups excluding carboxylic acids is 2. The Morgan fingerprint density at radius 1 is 0.769 bits per heavy atom. The van der Waals surface area contributed by atoms with Crippen LogP contribution in [0.3, 0.4) is 0 Å². The minimum atomic E-state index is -0.342. The molecule has 0 saturated carbocycles. The van der Waals surface area contributed by atoms with Crippen molar-refractivity contribution in [3.05, 3.63) is 35.4 Å². The molecule has 0 aliphatic heterocycles. The van der Waals surface area contributed by atoms with Crippen molar-refractivity contribution >= 4 is 11.9 Å². The van der Waals surface area contributed by atoms with Crippen molar-refractivity contribution in [3.63, 3.8) is 0 Å². The number of hydrogen-bond donors (Lipinski definition) is 0. The van der Waals surface area contributed by atoms with Crippen molar-refractivity contribution < 1.29 is 19.1 Å². The fraction of sp³-hybridized carbons (Fsp3) is 0.636. The summed E-state index contributed by atoms with van der Waals surface area (Å²) >= 11 is 0. The third-order valence-electron chi connectivity index (χ3n) is 4.25. The van der Waals surface area contributed by atoms with E-state index in [0.717, 1.165) is 32.1 Å². The normalized spacial score (nSPS) is 10.8. The quantitative estimate of drug-likeness (QED) is 0.329. The average Bonchev–Trinajstić information content (AvgIpc) is 2.63. The molecular formula is C22H34O4. The minimum Gasteiger partial charge on any atom is -0.462 e. The van der Waals surface area contributed by atoms with E-state index in [1.807, 2.05) is 0 Å². The third kappa shape index (κ3) is 9.59.